The van der Waals surface area contributed by atoms with Gasteiger partial charge in [0, 0.05) is 25.0 Å². The summed E-state index contributed by atoms with van der Waals surface area (Å²) in [6.45, 7) is 2.55. The third kappa shape index (κ3) is 3.59. The zero-order valence-electron chi connectivity index (χ0n) is 16.1. The predicted molar refractivity (Wildman–Crippen MR) is 109 cm³/mol. The van der Waals surface area contributed by atoms with Crippen molar-refractivity contribution >= 4 is 11.6 Å². The van der Waals surface area contributed by atoms with Gasteiger partial charge in [-0.3, -0.25) is 9.59 Å². The molecular formula is C22H18F2N4O2. The number of fused-ring (bicyclic) bond motifs is 1. The lowest BCUT2D eigenvalue weighted by atomic mass is 10.1. The van der Waals surface area contributed by atoms with E-state index in [1.807, 2.05) is 13.0 Å². The van der Waals surface area contributed by atoms with Crippen LogP contribution < -0.4 is 10.9 Å². The molecule has 6 nitrogen and oxygen atoms in total. The average molecular weight is 408 g/mol. The maximum atomic E-state index is 14.0. The number of hydrogen-bond donors (Lipinski definition) is 1. The molecule has 0 aliphatic carbocycles. The molecule has 30 heavy (non-hydrogen) atoms. The molecule has 2 aliphatic heterocycles. The van der Waals surface area contributed by atoms with Crippen molar-refractivity contribution < 1.29 is 13.6 Å². The van der Waals surface area contributed by atoms with E-state index in [1.54, 1.807) is 41.2 Å². The van der Waals surface area contributed by atoms with Crippen LogP contribution in [0, 0.1) is 11.6 Å². The highest BCUT2D eigenvalue weighted by Gasteiger charge is 2.25. The Morgan fingerprint density at radius 3 is 2.57 bits per heavy atom. The first kappa shape index (κ1) is 19.5. The van der Waals surface area contributed by atoms with Gasteiger partial charge in [-0.05, 0) is 30.7 Å². The minimum absolute atomic E-state index is 0.122. The van der Waals surface area contributed by atoms with Crippen molar-refractivity contribution in [2.45, 2.75) is 19.9 Å². The van der Waals surface area contributed by atoms with Crippen molar-refractivity contribution in [2.75, 3.05) is 5.32 Å². The largest absolute Gasteiger partial charge is 0.353 e. The Labute approximate surface area is 170 Å². The number of rotatable bonds is 5. The lowest BCUT2D eigenvalue weighted by Crippen LogP contribution is -2.18. The first-order chi connectivity index (χ1) is 14.5. The summed E-state index contributed by atoms with van der Waals surface area (Å²) in [4.78, 5) is 25.9. The Morgan fingerprint density at radius 1 is 1.10 bits per heavy atom. The van der Waals surface area contributed by atoms with E-state index in [1.165, 1.54) is 4.68 Å². The Balaban J connectivity index is 1.83. The van der Waals surface area contributed by atoms with E-state index >= 15 is 0 Å². The highest BCUT2D eigenvalue weighted by Crippen LogP contribution is 2.24. The third-order valence-corrected chi connectivity index (χ3v) is 4.63. The highest BCUT2D eigenvalue weighted by molar-refractivity contribution is 6.08. The summed E-state index contributed by atoms with van der Waals surface area (Å²) in [5, 5.41) is 6.80. The molecular weight excluding hydrogens is 390 g/mol. The fourth-order valence-electron chi connectivity index (χ4n) is 3.24. The van der Waals surface area contributed by atoms with Crippen LogP contribution in [0.5, 0.6) is 0 Å². The summed E-state index contributed by atoms with van der Waals surface area (Å²) in [6.07, 6.45) is 4.01. The maximum absolute atomic E-state index is 14.0. The van der Waals surface area contributed by atoms with Crippen LogP contribution in [0.3, 0.4) is 0 Å². The molecule has 152 valence electrons. The molecule has 0 fully saturated rings. The highest BCUT2D eigenvalue weighted by atomic mass is 19.1. The summed E-state index contributed by atoms with van der Waals surface area (Å²) >= 11 is 0. The van der Waals surface area contributed by atoms with E-state index in [-0.39, 0.29) is 28.1 Å². The Hall–Kier alpha value is -3.81. The van der Waals surface area contributed by atoms with E-state index in [0.717, 1.165) is 18.6 Å². The number of aromatic nitrogens is 3. The molecule has 2 aromatic carbocycles. The van der Waals surface area contributed by atoms with Crippen molar-refractivity contribution in [3.8, 4) is 16.9 Å². The van der Waals surface area contributed by atoms with Crippen LogP contribution in [0.15, 0.2) is 65.7 Å². The van der Waals surface area contributed by atoms with Crippen LogP contribution in [-0.2, 0) is 6.54 Å². The van der Waals surface area contributed by atoms with E-state index < -0.39 is 17.5 Å². The van der Waals surface area contributed by atoms with Crippen molar-refractivity contribution in [3.05, 3.63) is 88.5 Å². The van der Waals surface area contributed by atoms with Crippen LogP contribution in [0.4, 0.5) is 14.5 Å². The molecule has 0 radical (unpaired) electrons. The smallest absolute Gasteiger partial charge is 0.282 e. The molecule has 2 aromatic rings. The van der Waals surface area contributed by atoms with Crippen molar-refractivity contribution in [1.29, 1.82) is 0 Å². The Bertz CT molecular complexity index is 1250. The number of carbonyl (C=O) groups excluding carboxylic acids is 1. The second kappa shape index (κ2) is 7.90. The zero-order valence-corrected chi connectivity index (χ0v) is 16.1. The van der Waals surface area contributed by atoms with Gasteiger partial charge >= 0.3 is 0 Å². The van der Waals surface area contributed by atoms with E-state index in [4.69, 9.17) is 0 Å². The number of aryl methyl sites for hydroxylation is 1. The van der Waals surface area contributed by atoms with Crippen LogP contribution in [-0.4, -0.2) is 20.3 Å². The van der Waals surface area contributed by atoms with Gasteiger partial charge in [0.05, 0.1) is 22.5 Å². The van der Waals surface area contributed by atoms with E-state index in [2.05, 4.69) is 10.4 Å². The third-order valence-electron chi connectivity index (χ3n) is 4.63. The fraction of sp³-hybridized carbons (Fsp3) is 0.136. The molecule has 1 N–H and O–H groups in total. The molecule has 2 aliphatic rings. The zero-order chi connectivity index (χ0) is 21.3. The van der Waals surface area contributed by atoms with Crippen molar-refractivity contribution in [1.82, 2.24) is 14.3 Å². The van der Waals surface area contributed by atoms with Gasteiger partial charge in [0.25, 0.3) is 11.5 Å². The number of nitrogens with one attached hydrogen (secondary N) is 1. The summed E-state index contributed by atoms with van der Waals surface area (Å²) in [7, 11) is 0. The number of amides is 1. The van der Waals surface area contributed by atoms with E-state index in [0.29, 0.717) is 18.3 Å². The monoisotopic (exact) mass is 408 g/mol. The second-order valence-electron chi connectivity index (χ2n) is 6.80. The molecule has 0 saturated carbocycles. The van der Waals surface area contributed by atoms with Crippen molar-refractivity contribution in [3.63, 3.8) is 0 Å². The van der Waals surface area contributed by atoms with Gasteiger partial charge in [-0.1, -0.05) is 25.1 Å². The van der Waals surface area contributed by atoms with Gasteiger partial charge in [0.1, 0.15) is 17.3 Å². The van der Waals surface area contributed by atoms with Gasteiger partial charge in [-0.15, -0.1) is 0 Å². The van der Waals surface area contributed by atoms with Gasteiger partial charge < -0.3 is 9.88 Å². The lowest BCUT2D eigenvalue weighted by Gasteiger charge is -2.12. The summed E-state index contributed by atoms with van der Waals surface area (Å²) < 4.78 is 30.1. The molecule has 4 rings (SSSR count). The number of anilines is 1. The first-order valence-electron chi connectivity index (χ1n) is 9.42. The standard InChI is InChI=1S/C22H18F2N4O2/c1-2-10-27-12-16(21(29)25-19-9-8-14(23)11-18(19)24)20-17(13-27)22(30)28(26-20)15-6-4-3-5-7-15/h3-9,11-13H,2,10H2,1H3,(H,25,29). The SMILES string of the molecule is CCCn1cc(C(=O)Nc2ccc(F)cc2F)c2nn(-c3ccccc3)c(=O)c-2c1. The van der Waals surface area contributed by atoms with Gasteiger partial charge in [0.2, 0.25) is 0 Å². The Kier molecular flexibility index (Phi) is 5.14. The molecule has 0 atom stereocenters. The molecule has 1 amide bonds. The molecule has 0 aromatic heterocycles. The minimum atomic E-state index is -0.892. The number of halogens is 2. The molecule has 2 heterocycles. The van der Waals surface area contributed by atoms with Crippen LogP contribution in [0.1, 0.15) is 23.7 Å². The Morgan fingerprint density at radius 2 is 1.87 bits per heavy atom. The topological polar surface area (TPSA) is 68.9 Å². The second-order valence-corrected chi connectivity index (χ2v) is 6.80. The van der Waals surface area contributed by atoms with Crippen LogP contribution >= 0.6 is 0 Å². The average Bonchev–Trinajstić information content (AvgIpc) is 3.07. The molecule has 0 spiro atoms. The number of para-hydroxylation sites is 1. The quantitative estimate of drug-likeness (QED) is 0.541. The van der Waals surface area contributed by atoms with Gasteiger partial charge in [-0.2, -0.15) is 9.78 Å². The molecule has 0 bridgehead atoms. The molecule has 8 heteroatoms. The molecule has 0 unspecified atom stereocenters. The first-order valence-corrected chi connectivity index (χ1v) is 9.42. The summed E-state index contributed by atoms with van der Waals surface area (Å²) in [6, 6.07) is 11.7. The normalized spacial score (nSPS) is 11.0. The van der Waals surface area contributed by atoms with Gasteiger partial charge in [-0.25, -0.2) is 8.78 Å². The van der Waals surface area contributed by atoms with Crippen molar-refractivity contribution in [2.24, 2.45) is 0 Å². The van der Waals surface area contributed by atoms with Crippen LogP contribution in [0.2, 0.25) is 0 Å². The summed E-state index contributed by atoms with van der Waals surface area (Å²) in [5.41, 5.74) is 0.651. The maximum Gasteiger partial charge on any atom is 0.282 e. The number of pyridine rings is 1. The number of carbonyl (C=O) groups is 1. The number of nitrogens with zero attached hydrogens (tertiary/aromatic N) is 3. The number of benzene rings is 2. The number of hydrogen-bond acceptors (Lipinski definition) is 3. The summed E-state index contributed by atoms with van der Waals surface area (Å²) in [5.74, 6) is -2.28. The molecule has 0 saturated heterocycles. The fourth-order valence-corrected chi connectivity index (χ4v) is 3.24. The van der Waals surface area contributed by atoms with Crippen LogP contribution in [0.25, 0.3) is 16.9 Å². The lowest BCUT2D eigenvalue weighted by molar-refractivity contribution is 0.102. The predicted octanol–water partition coefficient (Wildman–Crippen LogP) is 4.08. The minimum Gasteiger partial charge on any atom is -0.353 e. The van der Waals surface area contributed by atoms with Gasteiger partial charge in [0.15, 0.2) is 0 Å². The van der Waals surface area contributed by atoms with E-state index in [9.17, 15) is 18.4 Å².